The molecule has 0 aliphatic carbocycles. The highest BCUT2D eigenvalue weighted by molar-refractivity contribution is 5.82. The zero-order chi connectivity index (χ0) is 11.3. The zero-order valence-corrected chi connectivity index (χ0v) is 7.79. The lowest BCUT2D eigenvalue weighted by Gasteiger charge is -2.04. The lowest BCUT2D eigenvalue weighted by atomic mass is 10.3. The highest BCUT2D eigenvalue weighted by Gasteiger charge is 2.04. The minimum absolute atomic E-state index is 0.116. The Morgan fingerprint density at radius 1 is 1.60 bits per heavy atom. The third-order valence-electron chi connectivity index (χ3n) is 1.45. The Morgan fingerprint density at radius 2 is 2.33 bits per heavy atom. The summed E-state index contributed by atoms with van der Waals surface area (Å²) in [5.41, 5.74) is 4.96. The summed E-state index contributed by atoms with van der Waals surface area (Å²) < 4.78 is 17.4. The van der Waals surface area contributed by atoms with E-state index >= 15 is 0 Å². The van der Waals surface area contributed by atoms with Crippen LogP contribution in [0.1, 0.15) is 0 Å². The molecule has 15 heavy (non-hydrogen) atoms. The Morgan fingerprint density at radius 3 is 2.93 bits per heavy atom. The molecule has 0 bridgehead atoms. The van der Waals surface area contributed by atoms with Crippen LogP contribution >= 0.6 is 0 Å². The number of hydrogen-bond donors (Lipinski definition) is 3. The molecule has 6 heteroatoms. The molecule has 0 radical (unpaired) electrons. The Balaban J connectivity index is 2.48. The second-order valence-corrected chi connectivity index (χ2v) is 2.70. The van der Waals surface area contributed by atoms with Crippen LogP contribution in [0.25, 0.3) is 0 Å². The highest BCUT2D eigenvalue weighted by Crippen LogP contribution is 2.11. The largest absolute Gasteiger partial charge is 0.425 e. The topological polar surface area (TPSA) is 88.2 Å². The first kappa shape index (κ1) is 11.0. The van der Waals surface area contributed by atoms with Crippen LogP contribution in [0.15, 0.2) is 24.3 Å². The van der Waals surface area contributed by atoms with Gasteiger partial charge in [-0.3, -0.25) is 5.41 Å². The van der Waals surface area contributed by atoms with Crippen LogP contribution in [-0.2, 0) is 4.79 Å². The van der Waals surface area contributed by atoms with E-state index in [0.717, 1.165) is 6.07 Å². The summed E-state index contributed by atoms with van der Waals surface area (Å²) in [6, 6.07) is 5.21. The van der Waals surface area contributed by atoms with E-state index in [9.17, 15) is 9.18 Å². The predicted molar refractivity (Wildman–Crippen MR) is 52.0 cm³/mol. The van der Waals surface area contributed by atoms with Crippen molar-refractivity contribution in [3.05, 3.63) is 30.1 Å². The maximum absolute atomic E-state index is 12.7. The van der Waals surface area contributed by atoms with Crippen LogP contribution in [0, 0.1) is 11.2 Å². The van der Waals surface area contributed by atoms with E-state index in [1.807, 2.05) is 0 Å². The maximum Gasteiger partial charge on any atom is 0.330 e. The molecule has 5 nitrogen and oxygen atoms in total. The molecule has 1 aromatic rings. The van der Waals surface area contributed by atoms with Crippen LogP contribution in [-0.4, -0.2) is 18.5 Å². The van der Waals surface area contributed by atoms with E-state index in [0.29, 0.717) is 0 Å². The van der Waals surface area contributed by atoms with Gasteiger partial charge in [0.2, 0.25) is 0 Å². The Hall–Kier alpha value is -2.11. The van der Waals surface area contributed by atoms with Gasteiger partial charge in [0.05, 0.1) is 0 Å². The Labute approximate surface area is 85.5 Å². The van der Waals surface area contributed by atoms with Gasteiger partial charge in [0.1, 0.15) is 18.1 Å². The molecule has 0 saturated carbocycles. The van der Waals surface area contributed by atoms with Crippen molar-refractivity contribution in [1.29, 1.82) is 5.41 Å². The number of esters is 1. The van der Waals surface area contributed by atoms with Crippen molar-refractivity contribution in [2.24, 2.45) is 5.73 Å². The molecule has 0 fully saturated rings. The van der Waals surface area contributed by atoms with E-state index in [1.165, 1.54) is 18.2 Å². The second-order valence-electron chi connectivity index (χ2n) is 2.70. The van der Waals surface area contributed by atoms with E-state index < -0.39 is 11.8 Å². The summed E-state index contributed by atoms with van der Waals surface area (Å²) in [5.74, 6) is -1.34. The number of rotatable bonds is 3. The number of carbonyl (C=O) groups is 1. The number of halogens is 1. The fourth-order valence-electron chi connectivity index (χ4n) is 0.865. The molecular formula is C9H10FN3O2. The molecule has 0 aliphatic rings. The van der Waals surface area contributed by atoms with Crippen molar-refractivity contribution >= 4 is 11.9 Å². The van der Waals surface area contributed by atoms with E-state index in [-0.39, 0.29) is 18.3 Å². The van der Waals surface area contributed by atoms with Gasteiger partial charge in [-0.05, 0) is 12.1 Å². The number of carbonyl (C=O) groups excluding carboxylic acids is 1. The molecular weight excluding hydrogens is 201 g/mol. The van der Waals surface area contributed by atoms with Gasteiger partial charge in [-0.2, -0.15) is 0 Å². The average Bonchev–Trinajstić information content (AvgIpc) is 2.15. The molecule has 0 aromatic heterocycles. The summed E-state index contributed by atoms with van der Waals surface area (Å²) in [5, 5.41) is 9.07. The number of guanidine groups is 1. The Kier molecular flexibility index (Phi) is 3.61. The van der Waals surface area contributed by atoms with Crippen molar-refractivity contribution in [3.63, 3.8) is 0 Å². The van der Waals surface area contributed by atoms with Gasteiger partial charge >= 0.3 is 5.97 Å². The monoisotopic (exact) mass is 211 g/mol. The number of nitrogens with two attached hydrogens (primary N) is 1. The molecule has 0 amide bonds. The van der Waals surface area contributed by atoms with Crippen LogP contribution < -0.4 is 15.8 Å². The van der Waals surface area contributed by atoms with Gasteiger partial charge in [-0.15, -0.1) is 0 Å². The van der Waals surface area contributed by atoms with Gasteiger partial charge in [0.15, 0.2) is 5.96 Å². The molecule has 0 saturated heterocycles. The van der Waals surface area contributed by atoms with Gasteiger partial charge in [-0.1, -0.05) is 6.07 Å². The third kappa shape index (κ3) is 4.08. The fraction of sp³-hybridized carbons (Fsp3) is 0.111. The summed E-state index contributed by atoms with van der Waals surface area (Å²) in [4.78, 5) is 11.1. The Bertz CT molecular complexity index is 381. The van der Waals surface area contributed by atoms with Crippen LogP contribution in [0.2, 0.25) is 0 Å². The van der Waals surface area contributed by atoms with Gasteiger partial charge < -0.3 is 15.8 Å². The SMILES string of the molecule is N=C(N)NCC(=O)Oc1cccc(F)c1. The predicted octanol–water partition coefficient (Wildman–Crippen LogP) is 0.214. The first-order valence-electron chi connectivity index (χ1n) is 4.12. The highest BCUT2D eigenvalue weighted by atomic mass is 19.1. The molecule has 1 aromatic carbocycles. The standard InChI is InChI=1S/C9H10FN3O2/c10-6-2-1-3-7(4-6)15-8(14)5-13-9(11)12/h1-4H,5H2,(H4,11,12,13). The first-order valence-corrected chi connectivity index (χ1v) is 4.12. The molecule has 4 N–H and O–H groups in total. The normalized spacial score (nSPS) is 9.40. The molecule has 1 rings (SSSR count). The number of ether oxygens (including phenoxy) is 1. The first-order chi connectivity index (χ1) is 7.08. The molecule has 80 valence electrons. The molecule has 0 spiro atoms. The summed E-state index contributed by atoms with van der Waals surface area (Å²) >= 11 is 0. The van der Waals surface area contributed by atoms with Crippen LogP contribution in [0.5, 0.6) is 5.75 Å². The number of nitrogens with one attached hydrogen (secondary N) is 2. The van der Waals surface area contributed by atoms with Gasteiger partial charge in [0.25, 0.3) is 0 Å². The summed E-state index contributed by atoms with van der Waals surface area (Å²) in [7, 11) is 0. The van der Waals surface area contributed by atoms with E-state index in [4.69, 9.17) is 15.9 Å². The van der Waals surface area contributed by atoms with Gasteiger partial charge in [0, 0.05) is 6.07 Å². The lowest BCUT2D eigenvalue weighted by molar-refractivity contribution is -0.133. The minimum atomic E-state index is -0.643. The summed E-state index contributed by atoms with van der Waals surface area (Å²) in [6.45, 7) is -0.230. The van der Waals surface area contributed by atoms with Gasteiger partial charge in [-0.25, -0.2) is 9.18 Å². The quantitative estimate of drug-likeness (QED) is 0.289. The number of benzene rings is 1. The lowest BCUT2D eigenvalue weighted by Crippen LogP contribution is -2.36. The molecule has 0 atom stereocenters. The van der Waals surface area contributed by atoms with Crippen molar-refractivity contribution < 1.29 is 13.9 Å². The maximum atomic E-state index is 12.7. The summed E-state index contributed by atoms with van der Waals surface area (Å²) in [6.07, 6.45) is 0. The second kappa shape index (κ2) is 4.94. The van der Waals surface area contributed by atoms with Crippen LogP contribution in [0.3, 0.4) is 0 Å². The van der Waals surface area contributed by atoms with Crippen molar-refractivity contribution in [1.82, 2.24) is 5.32 Å². The third-order valence-corrected chi connectivity index (χ3v) is 1.45. The molecule has 0 heterocycles. The zero-order valence-electron chi connectivity index (χ0n) is 7.79. The van der Waals surface area contributed by atoms with E-state index in [1.54, 1.807) is 0 Å². The van der Waals surface area contributed by atoms with E-state index in [2.05, 4.69) is 5.32 Å². The molecule has 0 unspecified atom stereocenters. The van der Waals surface area contributed by atoms with Crippen molar-refractivity contribution in [3.8, 4) is 5.75 Å². The minimum Gasteiger partial charge on any atom is -0.425 e. The smallest absolute Gasteiger partial charge is 0.330 e. The van der Waals surface area contributed by atoms with Crippen molar-refractivity contribution in [2.45, 2.75) is 0 Å². The van der Waals surface area contributed by atoms with Crippen LogP contribution in [0.4, 0.5) is 4.39 Å². The average molecular weight is 211 g/mol. The van der Waals surface area contributed by atoms with Crippen molar-refractivity contribution in [2.75, 3.05) is 6.54 Å². The fourth-order valence-corrected chi connectivity index (χ4v) is 0.865. The molecule has 0 aliphatic heterocycles. The number of hydrogen-bond acceptors (Lipinski definition) is 3.